The van der Waals surface area contributed by atoms with Gasteiger partial charge in [-0.05, 0) is 11.6 Å². The lowest BCUT2D eigenvalue weighted by Crippen LogP contribution is -2.55. The highest BCUT2D eigenvalue weighted by atomic mass is 16.5. The summed E-state index contributed by atoms with van der Waals surface area (Å²) in [5.41, 5.74) is 0.667. The number of aliphatic hydroxyl groups excluding tert-OH is 4. The molecule has 0 aromatic heterocycles. The van der Waals surface area contributed by atoms with E-state index in [0.29, 0.717) is 5.56 Å². The van der Waals surface area contributed by atoms with Gasteiger partial charge in [0.2, 0.25) is 0 Å². The molecular formula is C12H15O5. The molecule has 5 atom stereocenters. The first-order valence-electron chi connectivity index (χ1n) is 5.41. The van der Waals surface area contributed by atoms with E-state index in [0.717, 1.165) is 0 Å². The topological polar surface area (TPSA) is 90.2 Å². The van der Waals surface area contributed by atoms with Gasteiger partial charge in [0.1, 0.15) is 30.5 Å². The van der Waals surface area contributed by atoms with Crippen LogP contribution in [0.2, 0.25) is 0 Å². The van der Waals surface area contributed by atoms with Gasteiger partial charge in [-0.1, -0.05) is 24.3 Å². The molecule has 0 bridgehead atoms. The van der Waals surface area contributed by atoms with Gasteiger partial charge >= 0.3 is 0 Å². The van der Waals surface area contributed by atoms with Crippen LogP contribution in [0.3, 0.4) is 0 Å². The fourth-order valence-electron chi connectivity index (χ4n) is 1.97. The maximum absolute atomic E-state index is 9.85. The molecule has 0 amide bonds. The zero-order valence-electron chi connectivity index (χ0n) is 9.10. The monoisotopic (exact) mass is 239 g/mol. The summed E-state index contributed by atoms with van der Waals surface area (Å²) < 4.78 is 5.39. The third-order valence-electron chi connectivity index (χ3n) is 2.96. The summed E-state index contributed by atoms with van der Waals surface area (Å²) in [4.78, 5) is 0. The smallest absolute Gasteiger partial charge is 0.113 e. The first kappa shape index (κ1) is 12.5. The van der Waals surface area contributed by atoms with Gasteiger partial charge in [0.25, 0.3) is 0 Å². The van der Waals surface area contributed by atoms with Gasteiger partial charge in [-0.3, -0.25) is 0 Å². The van der Waals surface area contributed by atoms with Crippen molar-refractivity contribution >= 4 is 0 Å². The zero-order valence-corrected chi connectivity index (χ0v) is 9.10. The molecule has 5 nitrogen and oxygen atoms in total. The van der Waals surface area contributed by atoms with Gasteiger partial charge in [0.15, 0.2) is 0 Å². The molecule has 1 aliphatic heterocycles. The first-order chi connectivity index (χ1) is 8.15. The Morgan fingerprint density at radius 2 is 1.71 bits per heavy atom. The van der Waals surface area contributed by atoms with Crippen molar-refractivity contribution < 1.29 is 25.2 Å². The molecule has 1 aromatic carbocycles. The molecule has 0 unspecified atom stereocenters. The predicted molar refractivity (Wildman–Crippen MR) is 58.0 cm³/mol. The second-order valence-corrected chi connectivity index (χ2v) is 4.08. The SMILES string of the molecule is OC[C@H]1O[C@@H](c2cc[c]cc2)[C@@H](O)[C@@H](O)[C@@H]1O. The van der Waals surface area contributed by atoms with E-state index >= 15 is 0 Å². The van der Waals surface area contributed by atoms with Gasteiger partial charge in [-0.2, -0.15) is 0 Å². The molecule has 5 heteroatoms. The van der Waals surface area contributed by atoms with Crippen LogP contribution in [0, 0.1) is 6.07 Å². The van der Waals surface area contributed by atoms with E-state index in [4.69, 9.17) is 9.84 Å². The zero-order chi connectivity index (χ0) is 12.4. The number of rotatable bonds is 2. The third-order valence-corrected chi connectivity index (χ3v) is 2.96. The molecule has 0 aliphatic carbocycles. The van der Waals surface area contributed by atoms with E-state index in [-0.39, 0.29) is 0 Å². The fraction of sp³-hybridized carbons (Fsp3) is 0.500. The second kappa shape index (κ2) is 5.12. The number of benzene rings is 1. The normalized spacial score (nSPS) is 38.0. The largest absolute Gasteiger partial charge is 0.394 e. The van der Waals surface area contributed by atoms with Crippen molar-refractivity contribution in [2.75, 3.05) is 6.61 Å². The number of ether oxygens (including phenoxy) is 1. The van der Waals surface area contributed by atoms with Gasteiger partial charge in [-0.15, -0.1) is 0 Å². The Morgan fingerprint density at radius 1 is 1.06 bits per heavy atom. The standard InChI is InChI=1S/C12H15O5/c13-6-8-9(14)10(15)11(16)12(17-8)7-4-2-1-3-5-7/h2-5,8-16H,6H2/t8-,9-,10+,11+,12+/m1/s1. The summed E-state index contributed by atoms with van der Waals surface area (Å²) in [5.74, 6) is 0. The number of aliphatic hydroxyl groups is 4. The predicted octanol–water partition coefficient (Wildman–Crippen LogP) is -0.998. The molecule has 1 heterocycles. The van der Waals surface area contributed by atoms with Gasteiger partial charge in [-0.25, -0.2) is 0 Å². The highest BCUT2D eigenvalue weighted by Crippen LogP contribution is 2.31. The van der Waals surface area contributed by atoms with Crippen molar-refractivity contribution in [1.82, 2.24) is 0 Å². The minimum Gasteiger partial charge on any atom is -0.394 e. The molecule has 1 saturated heterocycles. The van der Waals surface area contributed by atoms with Crippen molar-refractivity contribution in [3.05, 3.63) is 35.9 Å². The van der Waals surface area contributed by atoms with Crippen molar-refractivity contribution in [2.45, 2.75) is 30.5 Å². The molecule has 17 heavy (non-hydrogen) atoms. The van der Waals surface area contributed by atoms with E-state index in [2.05, 4.69) is 6.07 Å². The quantitative estimate of drug-likeness (QED) is 0.531. The Labute approximate surface area is 98.9 Å². The molecule has 0 spiro atoms. The van der Waals surface area contributed by atoms with Crippen LogP contribution in [0.15, 0.2) is 24.3 Å². The molecular weight excluding hydrogens is 224 g/mol. The first-order valence-corrected chi connectivity index (χ1v) is 5.41. The van der Waals surface area contributed by atoms with Crippen LogP contribution < -0.4 is 0 Å². The summed E-state index contributed by atoms with van der Waals surface area (Å²) in [7, 11) is 0. The van der Waals surface area contributed by atoms with E-state index in [9.17, 15) is 15.3 Å². The summed E-state index contributed by atoms with van der Waals surface area (Å²) >= 11 is 0. The van der Waals surface area contributed by atoms with Gasteiger partial charge in [0, 0.05) is 0 Å². The molecule has 0 saturated carbocycles. The Bertz CT molecular complexity index is 353. The summed E-state index contributed by atoms with van der Waals surface area (Å²) in [6.07, 6.45) is -5.52. The van der Waals surface area contributed by atoms with Gasteiger partial charge in [0.05, 0.1) is 6.61 Å². The van der Waals surface area contributed by atoms with Crippen molar-refractivity contribution in [3.63, 3.8) is 0 Å². The van der Waals surface area contributed by atoms with Crippen molar-refractivity contribution in [3.8, 4) is 0 Å². The Balaban J connectivity index is 2.23. The lowest BCUT2D eigenvalue weighted by Gasteiger charge is -2.40. The Hall–Kier alpha value is -0.980. The Morgan fingerprint density at radius 3 is 2.29 bits per heavy atom. The van der Waals surface area contributed by atoms with Crippen LogP contribution >= 0.6 is 0 Å². The van der Waals surface area contributed by atoms with E-state index < -0.39 is 37.1 Å². The minimum atomic E-state index is -1.34. The van der Waals surface area contributed by atoms with Crippen LogP contribution in [0.25, 0.3) is 0 Å². The summed E-state index contributed by atoms with van der Waals surface area (Å²) in [6.45, 7) is -0.416. The minimum absolute atomic E-state index is 0.416. The van der Waals surface area contributed by atoms with Crippen LogP contribution in [0.5, 0.6) is 0 Å². The van der Waals surface area contributed by atoms with Gasteiger partial charge < -0.3 is 25.2 Å². The van der Waals surface area contributed by atoms with E-state index in [1.807, 2.05) is 0 Å². The van der Waals surface area contributed by atoms with Crippen LogP contribution in [0.1, 0.15) is 11.7 Å². The lowest BCUT2D eigenvalue weighted by atomic mass is 9.91. The summed E-state index contributed by atoms with van der Waals surface area (Å²) in [5, 5.41) is 38.1. The molecule has 2 rings (SSSR count). The molecule has 4 N–H and O–H groups in total. The molecule has 93 valence electrons. The van der Waals surface area contributed by atoms with E-state index in [1.165, 1.54) is 0 Å². The van der Waals surface area contributed by atoms with Crippen LogP contribution in [-0.2, 0) is 4.74 Å². The Kier molecular flexibility index (Phi) is 3.76. The number of hydrogen-bond donors (Lipinski definition) is 4. The highest BCUT2D eigenvalue weighted by molar-refractivity contribution is 5.19. The van der Waals surface area contributed by atoms with Crippen LogP contribution in [0.4, 0.5) is 0 Å². The molecule has 1 fully saturated rings. The number of hydrogen-bond acceptors (Lipinski definition) is 5. The third kappa shape index (κ3) is 2.34. The maximum Gasteiger partial charge on any atom is 0.113 e. The fourth-order valence-corrected chi connectivity index (χ4v) is 1.97. The van der Waals surface area contributed by atoms with E-state index in [1.54, 1.807) is 24.3 Å². The highest BCUT2D eigenvalue weighted by Gasteiger charge is 2.43. The lowest BCUT2D eigenvalue weighted by molar-refractivity contribution is -0.231. The molecule has 1 aromatic rings. The molecule has 1 aliphatic rings. The van der Waals surface area contributed by atoms with Crippen LogP contribution in [-0.4, -0.2) is 51.4 Å². The van der Waals surface area contributed by atoms with Crippen molar-refractivity contribution in [2.24, 2.45) is 0 Å². The average Bonchev–Trinajstić information content (AvgIpc) is 2.37. The maximum atomic E-state index is 9.85. The van der Waals surface area contributed by atoms with Crippen molar-refractivity contribution in [1.29, 1.82) is 0 Å². The average molecular weight is 239 g/mol. The molecule has 1 radical (unpaired) electrons. The summed E-state index contributed by atoms with van der Waals surface area (Å²) in [6, 6.07) is 9.56. The second-order valence-electron chi connectivity index (χ2n) is 4.08.